The maximum Gasteiger partial charge on any atom is 0.223 e. The van der Waals surface area contributed by atoms with Gasteiger partial charge in [0, 0.05) is 23.5 Å². The van der Waals surface area contributed by atoms with E-state index < -0.39 is 0 Å². The van der Waals surface area contributed by atoms with Crippen molar-refractivity contribution in [1.82, 2.24) is 10.2 Å². The number of fused-ring (bicyclic) bond motifs is 1. The maximum atomic E-state index is 12.0. The van der Waals surface area contributed by atoms with Crippen molar-refractivity contribution in [3.8, 4) is 0 Å². The first-order valence-corrected chi connectivity index (χ1v) is 7.05. The van der Waals surface area contributed by atoms with E-state index in [1.54, 1.807) is 0 Å². The molecule has 1 unspecified atom stereocenters. The molecule has 0 aliphatic heterocycles. The van der Waals surface area contributed by atoms with Crippen molar-refractivity contribution in [1.29, 1.82) is 0 Å². The molecular weight excluding hydrogens is 292 g/mol. The number of halogens is 1. The number of benzene rings is 1. The smallest absolute Gasteiger partial charge is 0.223 e. The lowest BCUT2D eigenvalue weighted by Gasteiger charge is -2.13. The Hall–Kier alpha value is -0.870. The topological polar surface area (TPSA) is 32.3 Å². The number of carbonyl (C=O) groups excluding carboxylic acids is 1. The maximum absolute atomic E-state index is 12.0. The molecule has 0 saturated carbocycles. The molecule has 1 aliphatic rings. The van der Waals surface area contributed by atoms with Gasteiger partial charge in [0.15, 0.2) is 0 Å². The SMILES string of the molecule is CN(C)CCNC(=O)C1Cc2ccc(Br)cc2C1. The molecule has 18 heavy (non-hydrogen) atoms. The number of hydrogen-bond acceptors (Lipinski definition) is 2. The summed E-state index contributed by atoms with van der Waals surface area (Å²) in [6, 6.07) is 6.29. The Morgan fingerprint density at radius 1 is 1.39 bits per heavy atom. The van der Waals surface area contributed by atoms with E-state index in [1.165, 1.54) is 11.1 Å². The lowest BCUT2D eigenvalue weighted by molar-refractivity contribution is -0.124. The fraction of sp³-hybridized carbons (Fsp3) is 0.500. The second-order valence-corrected chi connectivity index (χ2v) is 6.03. The first-order chi connectivity index (χ1) is 8.56. The Kier molecular flexibility index (Phi) is 4.40. The first kappa shape index (κ1) is 13.6. The molecule has 0 spiro atoms. The molecule has 1 amide bonds. The number of likely N-dealkylation sites (N-methyl/N-ethyl adjacent to an activating group) is 1. The van der Waals surface area contributed by atoms with Crippen LogP contribution >= 0.6 is 15.9 Å². The van der Waals surface area contributed by atoms with Gasteiger partial charge in [0.25, 0.3) is 0 Å². The molecule has 4 heteroatoms. The van der Waals surface area contributed by atoms with Gasteiger partial charge in [-0.3, -0.25) is 4.79 Å². The van der Waals surface area contributed by atoms with Crippen LogP contribution in [-0.4, -0.2) is 38.0 Å². The Labute approximate surface area is 117 Å². The van der Waals surface area contributed by atoms with E-state index in [0.29, 0.717) is 0 Å². The highest BCUT2D eigenvalue weighted by atomic mass is 79.9. The van der Waals surface area contributed by atoms with E-state index in [-0.39, 0.29) is 11.8 Å². The lowest BCUT2D eigenvalue weighted by atomic mass is 10.1. The van der Waals surface area contributed by atoms with Crippen molar-refractivity contribution in [2.24, 2.45) is 5.92 Å². The summed E-state index contributed by atoms with van der Waals surface area (Å²) in [7, 11) is 4.02. The molecule has 2 rings (SSSR count). The fourth-order valence-corrected chi connectivity index (χ4v) is 2.73. The third-order valence-electron chi connectivity index (χ3n) is 3.33. The normalized spacial score (nSPS) is 17.9. The predicted molar refractivity (Wildman–Crippen MR) is 76.6 cm³/mol. The molecule has 0 heterocycles. The van der Waals surface area contributed by atoms with Crippen molar-refractivity contribution in [3.05, 3.63) is 33.8 Å². The van der Waals surface area contributed by atoms with Gasteiger partial charge in [-0.2, -0.15) is 0 Å². The largest absolute Gasteiger partial charge is 0.355 e. The molecular formula is C14H19BrN2O. The van der Waals surface area contributed by atoms with Gasteiger partial charge in [-0.25, -0.2) is 0 Å². The summed E-state index contributed by atoms with van der Waals surface area (Å²) in [5.74, 6) is 0.292. The first-order valence-electron chi connectivity index (χ1n) is 6.26. The number of hydrogen-bond donors (Lipinski definition) is 1. The van der Waals surface area contributed by atoms with E-state index in [1.807, 2.05) is 20.2 Å². The van der Waals surface area contributed by atoms with E-state index in [4.69, 9.17) is 0 Å². The Balaban J connectivity index is 1.88. The van der Waals surface area contributed by atoms with Gasteiger partial charge in [0.2, 0.25) is 5.91 Å². The van der Waals surface area contributed by atoms with Gasteiger partial charge in [0.1, 0.15) is 0 Å². The molecule has 1 aliphatic carbocycles. The van der Waals surface area contributed by atoms with E-state index in [2.05, 4.69) is 38.3 Å². The zero-order valence-electron chi connectivity index (χ0n) is 10.9. The van der Waals surface area contributed by atoms with Crippen LogP contribution < -0.4 is 5.32 Å². The van der Waals surface area contributed by atoms with Crippen LogP contribution in [0.25, 0.3) is 0 Å². The summed E-state index contributed by atoms with van der Waals surface area (Å²) in [5, 5.41) is 3.01. The number of carbonyl (C=O) groups is 1. The summed E-state index contributed by atoms with van der Waals surface area (Å²) in [5.41, 5.74) is 2.61. The quantitative estimate of drug-likeness (QED) is 0.920. The molecule has 0 saturated heterocycles. The summed E-state index contributed by atoms with van der Waals surface area (Å²) >= 11 is 3.47. The van der Waals surface area contributed by atoms with Crippen LogP contribution in [-0.2, 0) is 17.6 Å². The zero-order chi connectivity index (χ0) is 13.1. The van der Waals surface area contributed by atoms with E-state index in [0.717, 1.165) is 30.4 Å². The highest BCUT2D eigenvalue weighted by Crippen LogP contribution is 2.29. The van der Waals surface area contributed by atoms with Crippen molar-refractivity contribution < 1.29 is 4.79 Å². The van der Waals surface area contributed by atoms with Crippen LogP contribution in [0, 0.1) is 5.92 Å². The standard InChI is InChI=1S/C14H19BrN2O/c1-17(2)6-5-16-14(18)12-7-10-3-4-13(15)9-11(10)8-12/h3-4,9,12H,5-8H2,1-2H3,(H,16,18). The van der Waals surface area contributed by atoms with Crippen LogP contribution in [0.3, 0.4) is 0 Å². The summed E-state index contributed by atoms with van der Waals surface area (Å²) in [6.07, 6.45) is 1.74. The number of nitrogens with one attached hydrogen (secondary N) is 1. The Bertz CT molecular complexity index is 445. The van der Waals surface area contributed by atoms with Crippen molar-refractivity contribution in [2.75, 3.05) is 27.2 Å². The molecule has 1 atom stereocenters. The highest BCUT2D eigenvalue weighted by molar-refractivity contribution is 9.10. The third kappa shape index (κ3) is 3.33. The minimum atomic E-state index is 0.108. The monoisotopic (exact) mass is 310 g/mol. The Morgan fingerprint density at radius 3 is 2.83 bits per heavy atom. The molecule has 0 fully saturated rings. The van der Waals surface area contributed by atoms with Crippen LogP contribution in [0.2, 0.25) is 0 Å². The number of rotatable bonds is 4. The molecule has 0 aromatic heterocycles. The van der Waals surface area contributed by atoms with Crippen LogP contribution in [0.1, 0.15) is 11.1 Å². The summed E-state index contributed by atoms with van der Waals surface area (Å²) in [4.78, 5) is 14.1. The van der Waals surface area contributed by atoms with Crippen molar-refractivity contribution >= 4 is 21.8 Å². The average molecular weight is 311 g/mol. The van der Waals surface area contributed by atoms with Crippen molar-refractivity contribution in [2.45, 2.75) is 12.8 Å². The van der Waals surface area contributed by atoms with E-state index >= 15 is 0 Å². The highest BCUT2D eigenvalue weighted by Gasteiger charge is 2.27. The van der Waals surface area contributed by atoms with Crippen LogP contribution in [0.15, 0.2) is 22.7 Å². The summed E-state index contributed by atoms with van der Waals surface area (Å²) < 4.78 is 1.09. The molecule has 1 N–H and O–H groups in total. The lowest BCUT2D eigenvalue weighted by Crippen LogP contribution is -2.35. The van der Waals surface area contributed by atoms with Gasteiger partial charge >= 0.3 is 0 Å². The van der Waals surface area contributed by atoms with Gasteiger partial charge in [-0.1, -0.05) is 22.0 Å². The van der Waals surface area contributed by atoms with E-state index in [9.17, 15) is 4.79 Å². The Morgan fingerprint density at radius 2 is 2.11 bits per heavy atom. The molecule has 1 aromatic carbocycles. The zero-order valence-corrected chi connectivity index (χ0v) is 12.5. The van der Waals surface area contributed by atoms with Crippen LogP contribution in [0.4, 0.5) is 0 Å². The second kappa shape index (κ2) is 5.85. The number of amides is 1. The molecule has 3 nitrogen and oxygen atoms in total. The fourth-order valence-electron chi connectivity index (χ4n) is 2.32. The van der Waals surface area contributed by atoms with Crippen molar-refractivity contribution in [3.63, 3.8) is 0 Å². The average Bonchev–Trinajstić information content (AvgIpc) is 2.71. The number of nitrogens with zero attached hydrogens (tertiary/aromatic N) is 1. The molecule has 0 radical (unpaired) electrons. The van der Waals surface area contributed by atoms with Gasteiger partial charge < -0.3 is 10.2 Å². The molecule has 98 valence electrons. The second-order valence-electron chi connectivity index (χ2n) is 5.11. The molecule has 1 aromatic rings. The van der Waals surface area contributed by atoms with Gasteiger partial charge in [0.05, 0.1) is 0 Å². The van der Waals surface area contributed by atoms with Crippen LogP contribution in [0.5, 0.6) is 0 Å². The summed E-state index contributed by atoms with van der Waals surface area (Å²) in [6.45, 7) is 1.61. The predicted octanol–water partition coefficient (Wildman–Crippen LogP) is 1.84. The molecule has 0 bridgehead atoms. The minimum Gasteiger partial charge on any atom is -0.355 e. The van der Waals surface area contributed by atoms with Gasteiger partial charge in [-0.05, 0) is 50.2 Å². The minimum absolute atomic E-state index is 0.108. The third-order valence-corrected chi connectivity index (χ3v) is 3.82. The van der Waals surface area contributed by atoms with Gasteiger partial charge in [-0.15, -0.1) is 0 Å².